The van der Waals surface area contributed by atoms with E-state index in [4.69, 9.17) is 52.5 Å². The number of carbonyl (C=O) groups excluding carboxylic acids is 2. The largest absolute Gasteiger partial charge is 0.493 e. The predicted molar refractivity (Wildman–Crippen MR) is 176 cm³/mol. The molecule has 0 spiro atoms. The number of aliphatic hydroxyl groups is 2. The number of amides is 2. The summed E-state index contributed by atoms with van der Waals surface area (Å²) in [5, 5.41) is 31.3. The zero-order valence-corrected chi connectivity index (χ0v) is 29.7. The van der Waals surface area contributed by atoms with Crippen LogP contribution in [0.4, 0.5) is 9.59 Å². The zero-order chi connectivity index (χ0) is 37.7. The van der Waals surface area contributed by atoms with E-state index in [0.717, 1.165) is 4.90 Å². The first kappa shape index (κ1) is 36.8. The van der Waals surface area contributed by atoms with E-state index in [2.05, 4.69) is 0 Å². The maximum atomic E-state index is 13.7. The molecule has 1 aliphatic carbocycles. The first-order valence-electron chi connectivity index (χ1n) is 17.1. The molecule has 0 aromatic heterocycles. The fourth-order valence-corrected chi connectivity index (χ4v) is 7.47. The van der Waals surface area contributed by atoms with Gasteiger partial charge in [0, 0.05) is 39.0 Å². The minimum Gasteiger partial charge on any atom is -0.493 e. The van der Waals surface area contributed by atoms with Crippen LogP contribution >= 0.6 is 0 Å². The van der Waals surface area contributed by atoms with E-state index in [0.29, 0.717) is 28.2 Å². The summed E-state index contributed by atoms with van der Waals surface area (Å²) >= 11 is 0. The number of esters is 1. The molecular formula is C35H42N2O16. The van der Waals surface area contributed by atoms with Gasteiger partial charge in [0.05, 0.1) is 39.5 Å². The first-order valence-corrected chi connectivity index (χ1v) is 17.1. The highest BCUT2D eigenvalue weighted by atomic mass is 16.8. The van der Waals surface area contributed by atoms with Gasteiger partial charge in [0.25, 0.3) is 0 Å². The van der Waals surface area contributed by atoms with E-state index in [1.165, 1.54) is 33.2 Å². The second-order valence-corrected chi connectivity index (χ2v) is 13.5. The minimum absolute atomic E-state index is 0.0208. The summed E-state index contributed by atoms with van der Waals surface area (Å²) in [4.78, 5) is 40.2. The van der Waals surface area contributed by atoms with Crippen molar-refractivity contribution in [3.05, 3.63) is 41.0 Å². The molecular weight excluding hydrogens is 704 g/mol. The van der Waals surface area contributed by atoms with Gasteiger partial charge in [0.1, 0.15) is 24.4 Å². The average molecular weight is 747 g/mol. The summed E-state index contributed by atoms with van der Waals surface area (Å²) < 4.78 is 58.1. The lowest BCUT2D eigenvalue weighted by molar-refractivity contribution is -0.364. The maximum absolute atomic E-state index is 13.7. The van der Waals surface area contributed by atoms with Crippen LogP contribution in [0.5, 0.6) is 28.7 Å². The predicted octanol–water partition coefficient (Wildman–Crippen LogP) is 1.67. The summed E-state index contributed by atoms with van der Waals surface area (Å²) in [6.45, 7) is 1.85. The van der Waals surface area contributed by atoms with Crippen LogP contribution < -0.4 is 23.7 Å². The second-order valence-electron chi connectivity index (χ2n) is 13.5. The molecule has 5 aliphatic rings. The summed E-state index contributed by atoms with van der Waals surface area (Å²) in [5.74, 6) is -1.49. The number of aliphatic hydroxyl groups excluding tert-OH is 2. The number of ether oxygens (including phenoxy) is 10. The standard InChI is InChI=1S/C35H42N2O16/c1-15-46-13-24-31(50-15)27(38)28(39)33(51-24)52-29-18-11-21-20(48-14-49-21)10-17(18)25(26-19(29)12-47-32(26)40)16-8-22(44-4)30(23(9-16)45-5)53-35(43)37(3)7-6-36(2)34(41)42/h8-11,15,19,24-29,31,33,38-39H,6-7,12-14H2,1-5H3,(H,41,42)/t15-,19+,24-,25-,26+,27-,28-,29?,31-,33?/m1/s1. The Bertz CT molecular complexity index is 1710. The third-order valence-electron chi connectivity index (χ3n) is 10.3. The molecule has 2 unspecified atom stereocenters. The molecule has 53 heavy (non-hydrogen) atoms. The van der Waals surface area contributed by atoms with Crippen molar-refractivity contribution in [3.63, 3.8) is 0 Å². The lowest BCUT2D eigenvalue weighted by atomic mass is 9.66. The highest BCUT2D eigenvalue weighted by Gasteiger charge is 2.56. The molecule has 4 heterocycles. The van der Waals surface area contributed by atoms with Crippen LogP contribution in [0, 0.1) is 11.8 Å². The van der Waals surface area contributed by atoms with Gasteiger partial charge >= 0.3 is 18.2 Å². The number of likely N-dealkylation sites (N-methyl/N-ethyl adjacent to an activating group) is 2. The van der Waals surface area contributed by atoms with E-state index < -0.39 is 79.0 Å². The Labute approximate surface area is 303 Å². The van der Waals surface area contributed by atoms with E-state index in [1.54, 1.807) is 31.2 Å². The quantitative estimate of drug-likeness (QED) is 0.312. The molecule has 3 fully saturated rings. The van der Waals surface area contributed by atoms with Crippen molar-refractivity contribution in [2.45, 2.75) is 55.9 Å². The molecule has 4 aliphatic heterocycles. The molecule has 0 bridgehead atoms. The number of nitrogens with zero attached hydrogens (tertiary/aromatic N) is 2. The molecule has 18 nitrogen and oxygen atoms in total. The lowest BCUT2D eigenvalue weighted by Gasteiger charge is -2.47. The normalized spacial score (nSPS) is 31.0. The molecule has 18 heteroatoms. The monoisotopic (exact) mass is 746 g/mol. The molecule has 0 saturated carbocycles. The number of benzene rings is 2. The van der Waals surface area contributed by atoms with Crippen LogP contribution in [0.25, 0.3) is 0 Å². The van der Waals surface area contributed by atoms with Crippen LogP contribution in [0.1, 0.15) is 35.6 Å². The lowest BCUT2D eigenvalue weighted by Crippen LogP contribution is -2.63. The number of cyclic esters (lactones) is 1. The third kappa shape index (κ3) is 6.74. The van der Waals surface area contributed by atoms with Crippen molar-refractivity contribution < 1.29 is 77.1 Å². The number of hydrogen-bond acceptors (Lipinski definition) is 15. The van der Waals surface area contributed by atoms with Gasteiger partial charge in [0.15, 0.2) is 35.6 Å². The Morgan fingerprint density at radius 1 is 0.887 bits per heavy atom. The third-order valence-corrected chi connectivity index (χ3v) is 10.3. The Hall–Kier alpha value is -4.59. The molecule has 288 valence electrons. The van der Waals surface area contributed by atoms with Gasteiger partial charge in [-0.3, -0.25) is 4.79 Å². The molecule has 2 aromatic carbocycles. The van der Waals surface area contributed by atoms with Crippen molar-refractivity contribution in [2.24, 2.45) is 11.8 Å². The Kier molecular flexibility index (Phi) is 10.2. The number of methoxy groups -OCH3 is 2. The molecule has 2 aromatic rings. The summed E-state index contributed by atoms with van der Waals surface area (Å²) in [6.07, 6.45) is -9.10. The van der Waals surface area contributed by atoms with Gasteiger partial charge in [-0.05, 0) is 47.9 Å². The van der Waals surface area contributed by atoms with Crippen LogP contribution in [0.15, 0.2) is 24.3 Å². The zero-order valence-electron chi connectivity index (χ0n) is 29.7. The Balaban J connectivity index is 1.24. The average Bonchev–Trinajstić information content (AvgIpc) is 3.77. The van der Waals surface area contributed by atoms with Crippen LogP contribution in [0.3, 0.4) is 0 Å². The van der Waals surface area contributed by atoms with Crippen molar-refractivity contribution in [3.8, 4) is 28.7 Å². The van der Waals surface area contributed by atoms with Crippen LogP contribution in [-0.4, -0.2) is 142 Å². The number of fused-ring (bicyclic) bond motifs is 4. The van der Waals surface area contributed by atoms with Gasteiger partial charge in [-0.15, -0.1) is 0 Å². The van der Waals surface area contributed by atoms with Gasteiger partial charge in [-0.1, -0.05) is 0 Å². The fourth-order valence-electron chi connectivity index (χ4n) is 7.47. The maximum Gasteiger partial charge on any atom is 0.415 e. The number of hydrogen-bond donors (Lipinski definition) is 3. The molecule has 7 rings (SSSR count). The highest BCUT2D eigenvalue weighted by molar-refractivity contribution is 5.79. The van der Waals surface area contributed by atoms with Crippen LogP contribution in [-0.2, 0) is 28.5 Å². The topological polar surface area (TPSA) is 211 Å². The Morgan fingerprint density at radius 2 is 1.55 bits per heavy atom. The summed E-state index contributed by atoms with van der Waals surface area (Å²) in [7, 11) is 5.63. The summed E-state index contributed by atoms with van der Waals surface area (Å²) in [6, 6.07) is 6.81. The molecule has 3 N–H and O–H groups in total. The van der Waals surface area contributed by atoms with E-state index >= 15 is 0 Å². The molecule has 2 amide bonds. The van der Waals surface area contributed by atoms with Crippen molar-refractivity contribution in [2.75, 3.05) is 61.4 Å². The number of carbonyl (C=O) groups is 3. The summed E-state index contributed by atoms with van der Waals surface area (Å²) in [5.41, 5.74) is 1.79. The smallest absolute Gasteiger partial charge is 0.415 e. The first-order chi connectivity index (χ1) is 25.4. The van der Waals surface area contributed by atoms with Crippen molar-refractivity contribution >= 4 is 18.2 Å². The highest BCUT2D eigenvalue weighted by Crippen LogP contribution is 2.57. The second kappa shape index (κ2) is 14.7. The van der Waals surface area contributed by atoms with E-state index in [9.17, 15) is 24.6 Å². The molecule has 10 atom stereocenters. The Morgan fingerprint density at radius 3 is 2.21 bits per heavy atom. The molecule has 3 saturated heterocycles. The van der Waals surface area contributed by atoms with E-state index in [1.807, 2.05) is 0 Å². The number of rotatable bonds is 9. The van der Waals surface area contributed by atoms with Crippen molar-refractivity contribution in [1.82, 2.24) is 9.80 Å². The van der Waals surface area contributed by atoms with E-state index in [-0.39, 0.29) is 50.3 Å². The van der Waals surface area contributed by atoms with Crippen LogP contribution in [0.2, 0.25) is 0 Å². The van der Waals surface area contributed by atoms with Crippen molar-refractivity contribution in [1.29, 1.82) is 0 Å². The minimum atomic E-state index is -1.49. The SMILES string of the molecule is COc1cc([C@@H]2c3cc4c(cc3C(OC3O[C@@H]5CO[C@@H](C)O[C@H]5[C@H](O)[C@H]3O)[C@H]3COC(=O)[C@H]23)OCO4)cc(OC)c1OC(=O)N(C)CCN(C)C(=O)O. The number of carboxylic acid groups (broad SMARTS) is 1. The fraction of sp³-hybridized carbons (Fsp3) is 0.571. The molecule has 0 radical (unpaired) electrons. The van der Waals surface area contributed by atoms with Gasteiger partial charge < -0.3 is 72.5 Å². The van der Waals surface area contributed by atoms with Gasteiger partial charge in [-0.2, -0.15) is 0 Å². The van der Waals surface area contributed by atoms with Gasteiger partial charge in [-0.25, -0.2) is 9.59 Å². The van der Waals surface area contributed by atoms with Gasteiger partial charge in [0.2, 0.25) is 12.5 Å².